The quantitative estimate of drug-likeness (QED) is 0.435. The Balaban J connectivity index is 1.81. The van der Waals surface area contributed by atoms with Gasteiger partial charge in [0.05, 0.1) is 6.61 Å². The van der Waals surface area contributed by atoms with Gasteiger partial charge in [-0.05, 0) is 50.5 Å². The van der Waals surface area contributed by atoms with Gasteiger partial charge < -0.3 is 19.7 Å². The van der Waals surface area contributed by atoms with Crippen molar-refractivity contribution < 1.29 is 23.9 Å². The average molecular weight is 397 g/mol. The molecular weight excluding hydrogens is 372 g/mol. The van der Waals surface area contributed by atoms with Crippen LogP contribution in [0.5, 0.6) is 5.75 Å². The topological polar surface area (TPSA) is 84.9 Å². The van der Waals surface area contributed by atoms with Crippen molar-refractivity contribution in [3.05, 3.63) is 29.8 Å². The lowest BCUT2D eigenvalue weighted by molar-refractivity contribution is -0.122. The fourth-order valence-corrected chi connectivity index (χ4v) is 2.98. The fourth-order valence-electron chi connectivity index (χ4n) is 2.85. The van der Waals surface area contributed by atoms with Crippen LogP contribution in [0.25, 0.3) is 0 Å². The van der Waals surface area contributed by atoms with Crippen LogP contribution in [0.2, 0.25) is 0 Å². The van der Waals surface area contributed by atoms with E-state index in [2.05, 4.69) is 5.32 Å². The van der Waals surface area contributed by atoms with E-state index in [-0.39, 0.29) is 24.5 Å². The van der Waals surface area contributed by atoms with Gasteiger partial charge in [0.15, 0.2) is 0 Å². The number of ether oxygens (including phenoxy) is 2. The van der Waals surface area contributed by atoms with E-state index in [1.165, 1.54) is 0 Å². The maximum absolute atomic E-state index is 12.6. The molecule has 0 radical (unpaired) electrons. The van der Waals surface area contributed by atoms with E-state index in [1.807, 2.05) is 0 Å². The van der Waals surface area contributed by atoms with E-state index < -0.39 is 6.16 Å². The molecule has 0 spiro atoms. The summed E-state index contributed by atoms with van der Waals surface area (Å²) in [5, 5.41) is 2.99. The maximum atomic E-state index is 12.6. The van der Waals surface area contributed by atoms with Gasteiger partial charge in [-0.15, -0.1) is 11.6 Å². The Bertz CT molecular complexity index is 642. The van der Waals surface area contributed by atoms with Gasteiger partial charge in [0.1, 0.15) is 5.75 Å². The summed E-state index contributed by atoms with van der Waals surface area (Å²) in [6, 6.07) is 6.47. The van der Waals surface area contributed by atoms with Crippen LogP contribution < -0.4 is 10.1 Å². The molecule has 2 amide bonds. The first-order valence-corrected chi connectivity index (χ1v) is 9.66. The second-order valence-electron chi connectivity index (χ2n) is 6.24. The number of rotatable bonds is 7. The van der Waals surface area contributed by atoms with Gasteiger partial charge in [-0.3, -0.25) is 9.59 Å². The monoisotopic (exact) mass is 396 g/mol. The number of carbonyl (C=O) groups is 3. The zero-order valence-corrected chi connectivity index (χ0v) is 16.2. The zero-order valence-electron chi connectivity index (χ0n) is 15.4. The van der Waals surface area contributed by atoms with E-state index >= 15 is 0 Å². The molecule has 2 rings (SSSR count). The van der Waals surface area contributed by atoms with Crippen LogP contribution in [-0.2, 0) is 9.53 Å². The molecule has 1 aromatic carbocycles. The Morgan fingerprint density at radius 2 is 1.85 bits per heavy atom. The highest BCUT2D eigenvalue weighted by molar-refractivity contribution is 6.17. The van der Waals surface area contributed by atoms with E-state index in [9.17, 15) is 14.4 Å². The predicted octanol–water partition coefficient (Wildman–Crippen LogP) is 2.96. The maximum Gasteiger partial charge on any atom is 0.513 e. The number of piperidine rings is 1. The summed E-state index contributed by atoms with van der Waals surface area (Å²) < 4.78 is 9.68. The second-order valence-corrected chi connectivity index (χ2v) is 6.61. The zero-order chi connectivity index (χ0) is 19.6. The number of likely N-dealkylation sites (tertiary alicyclic amines) is 1. The van der Waals surface area contributed by atoms with Crippen molar-refractivity contribution >= 4 is 29.6 Å². The lowest BCUT2D eigenvalue weighted by Gasteiger charge is -2.32. The van der Waals surface area contributed by atoms with Crippen molar-refractivity contribution in [2.45, 2.75) is 38.6 Å². The number of carbonyl (C=O) groups excluding carboxylic acids is 3. The molecule has 0 saturated carbocycles. The molecule has 27 heavy (non-hydrogen) atoms. The predicted molar refractivity (Wildman–Crippen MR) is 101 cm³/mol. The van der Waals surface area contributed by atoms with Gasteiger partial charge in [-0.25, -0.2) is 4.79 Å². The number of amides is 2. The third-order valence-electron chi connectivity index (χ3n) is 4.25. The van der Waals surface area contributed by atoms with Crippen LogP contribution in [0.15, 0.2) is 24.3 Å². The van der Waals surface area contributed by atoms with E-state index in [1.54, 1.807) is 36.1 Å². The van der Waals surface area contributed by atoms with Crippen LogP contribution in [0, 0.1) is 0 Å². The van der Waals surface area contributed by atoms with Crippen molar-refractivity contribution in [2.24, 2.45) is 0 Å². The molecule has 0 aliphatic carbocycles. The van der Waals surface area contributed by atoms with Crippen molar-refractivity contribution in [3.63, 3.8) is 0 Å². The Kier molecular flexibility index (Phi) is 8.39. The van der Waals surface area contributed by atoms with Crippen molar-refractivity contribution in [3.8, 4) is 5.75 Å². The van der Waals surface area contributed by atoms with E-state index in [0.717, 1.165) is 12.8 Å². The van der Waals surface area contributed by atoms with E-state index in [0.29, 0.717) is 43.1 Å². The third-order valence-corrected chi connectivity index (χ3v) is 4.52. The number of hydrogen-bond donors (Lipinski definition) is 1. The summed E-state index contributed by atoms with van der Waals surface area (Å²) in [6.07, 6.45) is 1.78. The molecule has 148 valence electrons. The van der Waals surface area contributed by atoms with Gasteiger partial charge in [0, 0.05) is 37.0 Å². The van der Waals surface area contributed by atoms with Crippen molar-refractivity contribution in [1.29, 1.82) is 0 Å². The largest absolute Gasteiger partial charge is 0.513 e. The molecule has 1 aliphatic rings. The first-order valence-electron chi connectivity index (χ1n) is 9.12. The first-order chi connectivity index (χ1) is 13.0. The smallest absolute Gasteiger partial charge is 0.434 e. The van der Waals surface area contributed by atoms with Gasteiger partial charge in [0.25, 0.3) is 5.91 Å². The molecule has 0 unspecified atom stereocenters. The molecule has 1 N–H and O–H groups in total. The summed E-state index contributed by atoms with van der Waals surface area (Å²) >= 11 is 5.59. The van der Waals surface area contributed by atoms with Gasteiger partial charge in [0.2, 0.25) is 5.91 Å². The number of hydrogen-bond acceptors (Lipinski definition) is 5. The summed E-state index contributed by atoms with van der Waals surface area (Å²) in [4.78, 5) is 37.4. The standard InChI is InChI=1S/C19H25ClN2O5/c1-2-26-19(25)27-16-7-5-14(6-8-16)18(24)22-12-9-15(10-13-22)21-17(23)4-3-11-20/h5-8,15H,2-4,9-13H2,1H3,(H,21,23). The molecule has 0 atom stereocenters. The molecule has 1 heterocycles. The van der Waals surface area contributed by atoms with Crippen LogP contribution in [0.4, 0.5) is 4.79 Å². The highest BCUT2D eigenvalue weighted by Crippen LogP contribution is 2.17. The number of benzene rings is 1. The molecule has 0 bridgehead atoms. The molecule has 1 aliphatic heterocycles. The molecule has 1 fully saturated rings. The number of nitrogens with zero attached hydrogens (tertiary/aromatic N) is 1. The Labute approximate surface area is 163 Å². The van der Waals surface area contributed by atoms with Crippen molar-refractivity contribution in [2.75, 3.05) is 25.6 Å². The minimum absolute atomic E-state index is 0.0117. The molecule has 0 aromatic heterocycles. The Hall–Kier alpha value is -2.28. The van der Waals surface area contributed by atoms with Gasteiger partial charge >= 0.3 is 6.16 Å². The Morgan fingerprint density at radius 1 is 1.19 bits per heavy atom. The van der Waals surface area contributed by atoms with Crippen LogP contribution in [0.1, 0.15) is 43.0 Å². The molecular formula is C19H25ClN2O5. The lowest BCUT2D eigenvalue weighted by atomic mass is 10.0. The molecule has 7 nitrogen and oxygen atoms in total. The SMILES string of the molecule is CCOC(=O)Oc1ccc(C(=O)N2CCC(NC(=O)CCCCl)CC2)cc1. The number of nitrogens with one attached hydrogen (secondary N) is 1. The van der Waals surface area contributed by atoms with E-state index in [4.69, 9.17) is 21.1 Å². The minimum Gasteiger partial charge on any atom is -0.434 e. The van der Waals surface area contributed by atoms with Crippen molar-refractivity contribution in [1.82, 2.24) is 10.2 Å². The first kappa shape index (κ1) is 21.0. The third kappa shape index (κ3) is 6.75. The minimum atomic E-state index is -0.772. The Morgan fingerprint density at radius 3 is 2.44 bits per heavy atom. The molecule has 1 saturated heterocycles. The van der Waals surface area contributed by atoms with Gasteiger partial charge in [-0.1, -0.05) is 0 Å². The lowest BCUT2D eigenvalue weighted by Crippen LogP contribution is -2.46. The summed E-state index contributed by atoms with van der Waals surface area (Å²) in [6.45, 7) is 3.09. The highest BCUT2D eigenvalue weighted by Gasteiger charge is 2.24. The second kappa shape index (κ2) is 10.8. The van der Waals surface area contributed by atoms with Crippen LogP contribution in [-0.4, -0.2) is 54.5 Å². The number of halogens is 1. The van der Waals surface area contributed by atoms with Crippen LogP contribution >= 0.6 is 11.6 Å². The highest BCUT2D eigenvalue weighted by atomic mass is 35.5. The molecule has 8 heteroatoms. The van der Waals surface area contributed by atoms with Gasteiger partial charge in [-0.2, -0.15) is 0 Å². The number of alkyl halides is 1. The summed E-state index contributed by atoms with van der Waals surface area (Å²) in [5.74, 6) is 0.731. The fraction of sp³-hybridized carbons (Fsp3) is 0.526. The summed E-state index contributed by atoms with van der Waals surface area (Å²) in [7, 11) is 0. The molecule has 1 aromatic rings. The summed E-state index contributed by atoms with van der Waals surface area (Å²) in [5.41, 5.74) is 0.524. The van der Waals surface area contributed by atoms with Crippen LogP contribution in [0.3, 0.4) is 0 Å². The average Bonchev–Trinajstić information content (AvgIpc) is 2.67. The normalized spacial score (nSPS) is 14.5.